The summed E-state index contributed by atoms with van der Waals surface area (Å²) in [6, 6.07) is 15.3. The molecule has 1 amide bonds. The Bertz CT molecular complexity index is 885. The van der Waals surface area contributed by atoms with Crippen molar-refractivity contribution in [1.82, 2.24) is 10.3 Å². The van der Waals surface area contributed by atoms with Gasteiger partial charge in [-0.15, -0.1) is 0 Å². The standard InChI is InChI=1S/C20H19FN2O3/c1-13(19(24)22-11-10-14-6-8-16(21)9-7-14)26-20(25)18-12-15-4-2-3-5-17(15)23-18/h2-9,12-13,23H,10-11H2,1H3,(H,22,24)/t13-/m1/s1. The molecule has 1 atom stereocenters. The van der Waals surface area contributed by atoms with Gasteiger partial charge in [0.05, 0.1) is 0 Å². The van der Waals surface area contributed by atoms with E-state index >= 15 is 0 Å². The molecule has 0 fully saturated rings. The number of hydrogen-bond donors (Lipinski definition) is 2. The molecule has 2 aromatic carbocycles. The average molecular weight is 354 g/mol. The zero-order chi connectivity index (χ0) is 18.5. The molecule has 2 N–H and O–H groups in total. The van der Waals surface area contributed by atoms with Crippen molar-refractivity contribution in [2.75, 3.05) is 6.54 Å². The number of aromatic amines is 1. The molecule has 0 aliphatic carbocycles. The van der Waals surface area contributed by atoms with Crippen molar-refractivity contribution in [3.05, 3.63) is 71.7 Å². The van der Waals surface area contributed by atoms with Gasteiger partial charge in [0.1, 0.15) is 11.5 Å². The topological polar surface area (TPSA) is 71.2 Å². The Labute approximate surface area is 150 Å². The number of nitrogens with one attached hydrogen (secondary N) is 2. The highest BCUT2D eigenvalue weighted by Crippen LogP contribution is 2.15. The minimum absolute atomic E-state index is 0.296. The van der Waals surface area contributed by atoms with Crippen LogP contribution in [0.15, 0.2) is 54.6 Å². The molecule has 0 saturated heterocycles. The van der Waals surface area contributed by atoms with E-state index in [0.717, 1.165) is 16.5 Å². The third kappa shape index (κ3) is 4.27. The highest BCUT2D eigenvalue weighted by molar-refractivity contribution is 5.96. The molecule has 26 heavy (non-hydrogen) atoms. The van der Waals surface area contributed by atoms with Crippen LogP contribution in [0.5, 0.6) is 0 Å². The second-order valence-corrected chi connectivity index (χ2v) is 5.99. The fourth-order valence-electron chi connectivity index (χ4n) is 2.59. The molecule has 1 aromatic heterocycles. The lowest BCUT2D eigenvalue weighted by molar-refractivity contribution is -0.129. The third-order valence-corrected chi connectivity index (χ3v) is 4.03. The van der Waals surface area contributed by atoms with Gasteiger partial charge in [-0.1, -0.05) is 30.3 Å². The second-order valence-electron chi connectivity index (χ2n) is 5.99. The fraction of sp³-hybridized carbons (Fsp3) is 0.200. The minimum Gasteiger partial charge on any atom is -0.448 e. The first-order chi connectivity index (χ1) is 12.5. The quantitative estimate of drug-likeness (QED) is 0.668. The number of aromatic nitrogens is 1. The minimum atomic E-state index is -0.915. The van der Waals surface area contributed by atoms with Crippen molar-refractivity contribution in [1.29, 1.82) is 0 Å². The fourth-order valence-corrected chi connectivity index (χ4v) is 2.59. The van der Waals surface area contributed by atoms with Crippen LogP contribution in [-0.4, -0.2) is 29.5 Å². The number of amides is 1. The molecule has 0 aliphatic rings. The van der Waals surface area contributed by atoms with Gasteiger partial charge in [0, 0.05) is 17.4 Å². The number of para-hydroxylation sites is 1. The van der Waals surface area contributed by atoms with E-state index in [1.54, 1.807) is 18.2 Å². The molecule has 3 aromatic rings. The number of esters is 1. The van der Waals surface area contributed by atoms with Crippen molar-refractivity contribution in [2.24, 2.45) is 0 Å². The average Bonchev–Trinajstić information content (AvgIpc) is 3.07. The number of H-pyrrole nitrogens is 1. The molecule has 0 spiro atoms. The molecule has 3 rings (SSSR count). The molecular formula is C20H19FN2O3. The first-order valence-corrected chi connectivity index (χ1v) is 8.34. The van der Waals surface area contributed by atoms with Gasteiger partial charge in [-0.2, -0.15) is 0 Å². The molecule has 1 heterocycles. The summed E-state index contributed by atoms with van der Waals surface area (Å²) >= 11 is 0. The van der Waals surface area contributed by atoms with Gasteiger partial charge in [-0.25, -0.2) is 9.18 Å². The molecular weight excluding hydrogens is 335 g/mol. The van der Waals surface area contributed by atoms with Gasteiger partial charge in [0.15, 0.2) is 6.10 Å². The summed E-state index contributed by atoms with van der Waals surface area (Å²) in [5.41, 5.74) is 2.04. The van der Waals surface area contributed by atoms with Crippen molar-refractivity contribution in [3.8, 4) is 0 Å². The Morgan fingerprint density at radius 1 is 1.15 bits per heavy atom. The molecule has 134 valence electrons. The first-order valence-electron chi connectivity index (χ1n) is 8.34. The maximum absolute atomic E-state index is 12.9. The monoisotopic (exact) mass is 354 g/mol. The number of carbonyl (C=O) groups is 2. The summed E-state index contributed by atoms with van der Waals surface area (Å²) < 4.78 is 18.1. The Morgan fingerprint density at radius 3 is 2.62 bits per heavy atom. The SMILES string of the molecule is C[C@@H](OC(=O)c1cc2ccccc2[nH]1)C(=O)NCCc1ccc(F)cc1. The predicted molar refractivity (Wildman–Crippen MR) is 96.3 cm³/mol. The predicted octanol–water partition coefficient (Wildman–Crippen LogP) is 3.21. The third-order valence-electron chi connectivity index (χ3n) is 4.03. The molecule has 0 unspecified atom stereocenters. The Kier molecular flexibility index (Phi) is 5.31. The summed E-state index contributed by atoms with van der Waals surface area (Å²) in [5.74, 6) is -1.26. The van der Waals surface area contributed by atoms with Crippen LogP contribution in [0.2, 0.25) is 0 Å². The van der Waals surface area contributed by atoms with Crippen molar-refractivity contribution in [3.63, 3.8) is 0 Å². The highest BCUT2D eigenvalue weighted by atomic mass is 19.1. The highest BCUT2D eigenvalue weighted by Gasteiger charge is 2.19. The number of benzene rings is 2. The molecule has 0 bridgehead atoms. The summed E-state index contributed by atoms with van der Waals surface area (Å²) in [7, 11) is 0. The lowest BCUT2D eigenvalue weighted by Gasteiger charge is -2.13. The largest absolute Gasteiger partial charge is 0.448 e. The zero-order valence-electron chi connectivity index (χ0n) is 14.3. The molecule has 0 aliphatic heterocycles. The first kappa shape index (κ1) is 17.7. The Hall–Kier alpha value is -3.15. The van der Waals surface area contributed by atoms with Gasteiger partial charge in [-0.05, 0) is 43.2 Å². The van der Waals surface area contributed by atoms with E-state index < -0.39 is 12.1 Å². The lowest BCUT2D eigenvalue weighted by atomic mass is 10.1. The van der Waals surface area contributed by atoms with Crippen LogP contribution in [0.25, 0.3) is 10.9 Å². The maximum atomic E-state index is 12.9. The summed E-state index contributed by atoms with van der Waals surface area (Å²) in [6.07, 6.45) is -0.351. The van der Waals surface area contributed by atoms with Gasteiger partial charge in [-0.3, -0.25) is 4.79 Å². The van der Waals surface area contributed by atoms with Crippen LogP contribution in [0.3, 0.4) is 0 Å². The second kappa shape index (κ2) is 7.82. The van der Waals surface area contributed by atoms with E-state index in [1.807, 2.05) is 24.3 Å². The van der Waals surface area contributed by atoms with E-state index in [1.165, 1.54) is 19.1 Å². The number of halogens is 1. The van der Waals surface area contributed by atoms with E-state index in [-0.39, 0.29) is 11.7 Å². The van der Waals surface area contributed by atoms with E-state index in [0.29, 0.717) is 18.7 Å². The van der Waals surface area contributed by atoms with Crippen molar-refractivity contribution in [2.45, 2.75) is 19.4 Å². The number of fused-ring (bicyclic) bond motifs is 1. The van der Waals surface area contributed by atoms with Crippen molar-refractivity contribution >= 4 is 22.8 Å². The Morgan fingerprint density at radius 2 is 1.88 bits per heavy atom. The molecule has 5 nitrogen and oxygen atoms in total. The number of hydrogen-bond acceptors (Lipinski definition) is 3. The summed E-state index contributed by atoms with van der Waals surface area (Å²) in [6.45, 7) is 1.90. The van der Waals surface area contributed by atoms with Crippen LogP contribution in [0.1, 0.15) is 23.0 Å². The van der Waals surface area contributed by atoms with Gasteiger partial charge in [0.25, 0.3) is 5.91 Å². The van der Waals surface area contributed by atoms with Crippen LogP contribution < -0.4 is 5.32 Å². The maximum Gasteiger partial charge on any atom is 0.355 e. The summed E-state index contributed by atoms with van der Waals surface area (Å²) in [4.78, 5) is 27.2. The van der Waals surface area contributed by atoms with Crippen molar-refractivity contribution < 1.29 is 18.7 Å². The normalized spacial score (nSPS) is 11.9. The smallest absolute Gasteiger partial charge is 0.355 e. The van der Waals surface area contributed by atoms with Gasteiger partial charge >= 0.3 is 5.97 Å². The zero-order valence-corrected chi connectivity index (χ0v) is 14.3. The van der Waals surface area contributed by atoms with Gasteiger partial charge in [0.2, 0.25) is 0 Å². The molecule has 0 saturated carbocycles. The molecule has 6 heteroatoms. The summed E-state index contributed by atoms with van der Waals surface area (Å²) in [5, 5.41) is 3.61. The van der Waals surface area contributed by atoms with E-state index in [9.17, 15) is 14.0 Å². The van der Waals surface area contributed by atoms with Crippen LogP contribution in [0.4, 0.5) is 4.39 Å². The lowest BCUT2D eigenvalue weighted by Crippen LogP contribution is -2.37. The number of carbonyl (C=O) groups excluding carboxylic acids is 2. The van der Waals surface area contributed by atoms with E-state index in [4.69, 9.17) is 4.74 Å². The van der Waals surface area contributed by atoms with E-state index in [2.05, 4.69) is 10.3 Å². The Balaban J connectivity index is 1.50. The van der Waals surface area contributed by atoms with Gasteiger partial charge < -0.3 is 15.0 Å². The number of rotatable bonds is 6. The number of ether oxygens (including phenoxy) is 1. The van der Waals surface area contributed by atoms with Crippen LogP contribution >= 0.6 is 0 Å². The molecule has 0 radical (unpaired) electrons. The van der Waals surface area contributed by atoms with Crippen LogP contribution in [-0.2, 0) is 16.0 Å². The van der Waals surface area contributed by atoms with Crippen LogP contribution in [0, 0.1) is 5.82 Å².